The van der Waals surface area contributed by atoms with E-state index in [4.69, 9.17) is 18.4 Å². The van der Waals surface area contributed by atoms with E-state index >= 15 is 0 Å². The van der Waals surface area contributed by atoms with Crippen molar-refractivity contribution in [3.05, 3.63) is 17.7 Å². The van der Waals surface area contributed by atoms with Crippen molar-refractivity contribution in [2.45, 2.75) is 44.1 Å². The maximum Gasteiger partial charge on any atom is 0.264 e. The summed E-state index contributed by atoms with van der Waals surface area (Å²) in [5, 5.41) is 0. The lowest BCUT2D eigenvalue weighted by Crippen LogP contribution is -2.25. The molecule has 0 radical (unpaired) electrons. The fourth-order valence-corrected chi connectivity index (χ4v) is 4.06. The Kier molecular flexibility index (Phi) is 6.34. The minimum atomic E-state index is -3.53. The predicted octanol–water partition coefficient (Wildman–Crippen LogP) is 3.10. The molecule has 1 saturated carbocycles. The van der Waals surface area contributed by atoms with Crippen LogP contribution in [0.1, 0.15) is 43.6 Å². The molecule has 0 amide bonds. The van der Waals surface area contributed by atoms with Gasteiger partial charge in [-0.05, 0) is 18.9 Å². The van der Waals surface area contributed by atoms with Crippen molar-refractivity contribution in [2.75, 3.05) is 27.6 Å². The van der Waals surface area contributed by atoms with E-state index in [1.165, 1.54) is 0 Å². The van der Waals surface area contributed by atoms with Crippen molar-refractivity contribution >= 4 is 10.1 Å². The second-order valence-electron chi connectivity index (χ2n) is 6.01. The molecule has 1 fully saturated rings. The average molecular weight is 358 g/mol. The molecular weight excluding hydrogens is 332 g/mol. The summed E-state index contributed by atoms with van der Waals surface area (Å²) in [7, 11) is 1.17. The highest BCUT2D eigenvalue weighted by Crippen LogP contribution is 2.46. The van der Waals surface area contributed by atoms with Crippen LogP contribution in [0.2, 0.25) is 0 Å². The lowest BCUT2D eigenvalue weighted by molar-refractivity contribution is 0.168. The second-order valence-corrected chi connectivity index (χ2v) is 7.61. The van der Waals surface area contributed by atoms with Crippen molar-refractivity contribution < 1.29 is 26.8 Å². The molecule has 0 heterocycles. The molecule has 1 aromatic rings. The van der Waals surface area contributed by atoms with E-state index in [2.05, 4.69) is 0 Å². The molecule has 0 spiro atoms. The van der Waals surface area contributed by atoms with E-state index in [1.54, 1.807) is 21.3 Å². The Labute approximate surface area is 144 Å². The molecule has 0 unspecified atom stereocenters. The largest absolute Gasteiger partial charge is 0.493 e. The molecule has 136 valence electrons. The molecule has 0 N–H and O–H groups in total. The highest BCUT2D eigenvalue weighted by Gasteiger charge is 2.32. The van der Waals surface area contributed by atoms with Crippen LogP contribution in [-0.2, 0) is 14.3 Å². The third kappa shape index (κ3) is 4.33. The highest BCUT2D eigenvalue weighted by atomic mass is 32.2. The third-order valence-electron chi connectivity index (χ3n) is 4.39. The summed E-state index contributed by atoms with van der Waals surface area (Å²) in [4.78, 5) is 0. The standard InChI is InChI=1S/C17H26O6S/c1-20-15-11-10-13(16(21-2)17(15)22-3)12-8-6-5-7-9-14(12)23-24(4,18)19/h10-12,14H,5-9H2,1-4H3/t12-,14+/m0/s1. The van der Waals surface area contributed by atoms with E-state index in [0.717, 1.165) is 37.5 Å². The van der Waals surface area contributed by atoms with Crippen molar-refractivity contribution in [1.82, 2.24) is 0 Å². The van der Waals surface area contributed by atoms with Crippen LogP contribution in [0.4, 0.5) is 0 Å². The van der Waals surface area contributed by atoms with Crippen LogP contribution in [0.3, 0.4) is 0 Å². The van der Waals surface area contributed by atoms with Gasteiger partial charge in [0, 0.05) is 11.5 Å². The summed E-state index contributed by atoms with van der Waals surface area (Å²) in [6.07, 6.45) is 5.28. The summed E-state index contributed by atoms with van der Waals surface area (Å²) < 4.78 is 45.1. The Hall–Kier alpha value is -1.47. The normalized spacial score (nSPS) is 21.8. The summed E-state index contributed by atoms with van der Waals surface area (Å²) in [6, 6.07) is 3.73. The Morgan fingerprint density at radius 1 is 0.917 bits per heavy atom. The van der Waals surface area contributed by atoms with E-state index in [9.17, 15) is 8.42 Å². The van der Waals surface area contributed by atoms with Gasteiger partial charge in [-0.25, -0.2) is 0 Å². The first-order valence-corrected chi connectivity index (χ1v) is 9.90. The fourth-order valence-electron chi connectivity index (χ4n) is 3.39. The Bertz CT molecular complexity index is 655. The van der Waals surface area contributed by atoms with Gasteiger partial charge in [-0.15, -0.1) is 0 Å². The van der Waals surface area contributed by atoms with Crippen LogP contribution in [-0.4, -0.2) is 42.1 Å². The van der Waals surface area contributed by atoms with Gasteiger partial charge in [0.1, 0.15) is 0 Å². The van der Waals surface area contributed by atoms with Gasteiger partial charge in [0.25, 0.3) is 10.1 Å². The van der Waals surface area contributed by atoms with Gasteiger partial charge in [0.05, 0.1) is 33.7 Å². The van der Waals surface area contributed by atoms with Gasteiger partial charge in [-0.1, -0.05) is 25.3 Å². The second kappa shape index (κ2) is 8.07. The molecule has 6 nitrogen and oxygen atoms in total. The van der Waals surface area contributed by atoms with E-state index in [0.29, 0.717) is 23.7 Å². The van der Waals surface area contributed by atoms with Crippen LogP contribution in [0.5, 0.6) is 17.2 Å². The number of methoxy groups -OCH3 is 3. The zero-order valence-corrected chi connectivity index (χ0v) is 15.5. The smallest absolute Gasteiger partial charge is 0.264 e. The molecule has 2 rings (SSSR count). The molecule has 1 aliphatic rings. The quantitative estimate of drug-likeness (QED) is 0.575. The van der Waals surface area contributed by atoms with Gasteiger partial charge in [-0.2, -0.15) is 8.42 Å². The Morgan fingerprint density at radius 2 is 1.58 bits per heavy atom. The minimum absolute atomic E-state index is 0.0722. The first-order chi connectivity index (χ1) is 11.4. The summed E-state index contributed by atoms with van der Waals surface area (Å²) in [6.45, 7) is 0. The maximum atomic E-state index is 11.7. The molecule has 24 heavy (non-hydrogen) atoms. The topological polar surface area (TPSA) is 71.1 Å². The molecule has 0 bridgehead atoms. The van der Waals surface area contributed by atoms with Crippen molar-refractivity contribution in [1.29, 1.82) is 0 Å². The van der Waals surface area contributed by atoms with E-state index in [1.807, 2.05) is 12.1 Å². The molecule has 2 atom stereocenters. The van der Waals surface area contributed by atoms with E-state index < -0.39 is 16.2 Å². The molecule has 0 saturated heterocycles. The Balaban J connectivity index is 2.49. The van der Waals surface area contributed by atoms with Crippen molar-refractivity contribution in [2.24, 2.45) is 0 Å². The number of hydrogen-bond acceptors (Lipinski definition) is 6. The number of rotatable bonds is 6. The van der Waals surface area contributed by atoms with Crippen LogP contribution in [0, 0.1) is 0 Å². The minimum Gasteiger partial charge on any atom is -0.493 e. The average Bonchev–Trinajstić information content (AvgIpc) is 2.76. The third-order valence-corrected chi connectivity index (χ3v) is 4.98. The van der Waals surface area contributed by atoms with Gasteiger partial charge in [0.2, 0.25) is 5.75 Å². The Morgan fingerprint density at radius 3 is 2.17 bits per heavy atom. The van der Waals surface area contributed by atoms with Crippen molar-refractivity contribution in [3.8, 4) is 17.2 Å². The first kappa shape index (κ1) is 18.9. The van der Waals surface area contributed by atoms with Crippen LogP contribution in [0.15, 0.2) is 12.1 Å². The highest BCUT2D eigenvalue weighted by molar-refractivity contribution is 7.86. The fraction of sp³-hybridized carbons (Fsp3) is 0.647. The molecule has 0 aliphatic heterocycles. The van der Waals surface area contributed by atoms with Crippen LogP contribution < -0.4 is 14.2 Å². The molecule has 0 aromatic heterocycles. The van der Waals surface area contributed by atoms with Gasteiger partial charge >= 0.3 is 0 Å². The van der Waals surface area contributed by atoms with Crippen molar-refractivity contribution in [3.63, 3.8) is 0 Å². The monoisotopic (exact) mass is 358 g/mol. The van der Waals surface area contributed by atoms with Crippen LogP contribution in [0.25, 0.3) is 0 Å². The zero-order valence-electron chi connectivity index (χ0n) is 14.7. The number of benzene rings is 1. The molecule has 1 aromatic carbocycles. The lowest BCUT2D eigenvalue weighted by atomic mass is 9.88. The maximum absolute atomic E-state index is 11.7. The summed E-state index contributed by atoms with van der Waals surface area (Å²) in [5.74, 6) is 1.59. The molecule has 7 heteroatoms. The van der Waals surface area contributed by atoms with Gasteiger partial charge in [-0.3, -0.25) is 4.18 Å². The number of ether oxygens (including phenoxy) is 3. The molecule has 1 aliphatic carbocycles. The predicted molar refractivity (Wildman–Crippen MR) is 91.6 cm³/mol. The first-order valence-electron chi connectivity index (χ1n) is 8.08. The van der Waals surface area contributed by atoms with E-state index in [-0.39, 0.29) is 5.92 Å². The lowest BCUT2D eigenvalue weighted by Gasteiger charge is -2.27. The summed E-state index contributed by atoms with van der Waals surface area (Å²) in [5.41, 5.74) is 0.894. The van der Waals surface area contributed by atoms with Gasteiger partial charge < -0.3 is 14.2 Å². The molecular formula is C17H26O6S. The van der Waals surface area contributed by atoms with Crippen LogP contribution >= 0.6 is 0 Å². The SMILES string of the molecule is COc1ccc([C@@H]2CCCCC[C@H]2OS(C)(=O)=O)c(OC)c1OC. The summed E-state index contributed by atoms with van der Waals surface area (Å²) >= 11 is 0. The number of hydrogen-bond donors (Lipinski definition) is 0. The van der Waals surface area contributed by atoms with Gasteiger partial charge in [0.15, 0.2) is 11.5 Å². The zero-order chi connectivity index (χ0) is 17.7.